The van der Waals surface area contributed by atoms with Crippen molar-refractivity contribution in [3.05, 3.63) is 29.3 Å². The summed E-state index contributed by atoms with van der Waals surface area (Å²) >= 11 is 5.90. The zero-order valence-electron chi connectivity index (χ0n) is 12.5. The fourth-order valence-corrected chi connectivity index (χ4v) is 3.31. The first-order valence-electron chi connectivity index (χ1n) is 6.80. The van der Waals surface area contributed by atoms with E-state index in [9.17, 15) is 13.2 Å². The average Bonchev–Trinajstić information content (AvgIpc) is 2.37. The number of benzene rings is 1. The van der Waals surface area contributed by atoms with Gasteiger partial charge in [-0.05, 0) is 31.5 Å². The summed E-state index contributed by atoms with van der Waals surface area (Å²) in [7, 11) is -3.60. The van der Waals surface area contributed by atoms with Crippen molar-refractivity contribution >= 4 is 33.2 Å². The normalized spacial score (nSPS) is 12.8. The summed E-state index contributed by atoms with van der Waals surface area (Å²) in [4.78, 5) is 12.1. The third-order valence-corrected chi connectivity index (χ3v) is 4.46. The fourth-order valence-electron chi connectivity index (χ4n) is 1.96. The van der Waals surface area contributed by atoms with E-state index in [0.29, 0.717) is 17.3 Å². The number of halogens is 1. The molecule has 0 aliphatic rings. The summed E-state index contributed by atoms with van der Waals surface area (Å²) in [6.07, 6.45) is 2.89. The molecule has 0 saturated heterocycles. The van der Waals surface area contributed by atoms with Crippen molar-refractivity contribution in [2.75, 3.05) is 17.1 Å². The Labute approximate surface area is 131 Å². The number of carbonyl (C=O) groups excluding carboxylic acids is 1. The first kappa shape index (κ1) is 17.8. The minimum absolute atomic E-state index is 0.325. The molecule has 1 aromatic rings. The number of unbranched alkanes of at least 4 members (excludes halogenated alkanes) is 1. The lowest BCUT2D eigenvalue weighted by molar-refractivity contribution is -0.121. The highest BCUT2D eigenvalue weighted by molar-refractivity contribution is 7.92. The Morgan fingerprint density at radius 2 is 2.10 bits per heavy atom. The van der Waals surface area contributed by atoms with Gasteiger partial charge >= 0.3 is 0 Å². The van der Waals surface area contributed by atoms with Crippen molar-refractivity contribution in [2.45, 2.75) is 32.7 Å². The summed E-state index contributed by atoms with van der Waals surface area (Å²) in [5.74, 6) is -0.325. The third-order valence-electron chi connectivity index (χ3n) is 2.98. The maximum absolute atomic E-state index is 12.1. The second-order valence-electron chi connectivity index (χ2n) is 4.86. The summed E-state index contributed by atoms with van der Waals surface area (Å²) in [6, 6.07) is 5.60. The molecule has 0 unspecified atom stereocenters. The van der Waals surface area contributed by atoms with Gasteiger partial charge in [0.25, 0.3) is 0 Å². The van der Waals surface area contributed by atoms with Crippen molar-refractivity contribution in [3.63, 3.8) is 0 Å². The molecule has 0 aromatic heterocycles. The van der Waals surface area contributed by atoms with Crippen LogP contribution in [0.3, 0.4) is 0 Å². The Kier molecular flexibility index (Phi) is 6.48. The number of rotatable bonds is 7. The molecule has 0 radical (unpaired) electrons. The van der Waals surface area contributed by atoms with Gasteiger partial charge in [0.2, 0.25) is 15.9 Å². The number of sulfonamides is 1. The monoisotopic (exact) mass is 332 g/mol. The molecule has 5 nitrogen and oxygen atoms in total. The molecule has 0 heterocycles. The number of amides is 1. The van der Waals surface area contributed by atoms with Gasteiger partial charge in [-0.15, -0.1) is 0 Å². The molecule has 0 aliphatic heterocycles. The number of hydrogen-bond acceptors (Lipinski definition) is 3. The van der Waals surface area contributed by atoms with Gasteiger partial charge in [-0.2, -0.15) is 0 Å². The molecule has 1 amide bonds. The molecule has 0 fully saturated rings. The van der Waals surface area contributed by atoms with Crippen molar-refractivity contribution < 1.29 is 13.2 Å². The molecule has 0 spiro atoms. The second kappa shape index (κ2) is 7.66. The Hall–Kier alpha value is -1.27. The van der Waals surface area contributed by atoms with Gasteiger partial charge in [-0.3, -0.25) is 9.10 Å². The predicted octanol–water partition coefficient (Wildman–Crippen LogP) is 2.41. The molecule has 0 aliphatic carbocycles. The van der Waals surface area contributed by atoms with Gasteiger partial charge in [-0.25, -0.2) is 8.42 Å². The number of nitrogens with zero attached hydrogens (tertiary/aromatic N) is 1. The Morgan fingerprint density at radius 3 is 2.62 bits per heavy atom. The molecule has 1 atom stereocenters. The average molecular weight is 333 g/mol. The maximum Gasteiger partial charge on any atom is 0.243 e. The van der Waals surface area contributed by atoms with E-state index in [4.69, 9.17) is 11.6 Å². The lowest BCUT2D eigenvalue weighted by Crippen LogP contribution is -2.48. The van der Waals surface area contributed by atoms with E-state index in [1.807, 2.05) is 6.92 Å². The third kappa shape index (κ3) is 5.21. The summed E-state index contributed by atoms with van der Waals surface area (Å²) < 4.78 is 25.1. The van der Waals surface area contributed by atoms with Gasteiger partial charge in [-0.1, -0.05) is 31.0 Å². The van der Waals surface area contributed by atoms with Crippen LogP contribution in [0.25, 0.3) is 0 Å². The molecule has 21 heavy (non-hydrogen) atoms. The van der Waals surface area contributed by atoms with Crippen molar-refractivity contribution in [1.82, 2.24) is 5.32 Å². The van der Waals surface area contributed by atoms with E-state index in [1.54, 1.807) is 25.1 Å². The lowest BCUT2D eigenvalue weighted by Gasteiger charge is -2.28. The standard InChI is InChI=1S/C14H21ClN2O3S/c1-4-5-9-16-14(18)11(2)17(21(3,19)20)13-8-6-7-12(15)10-13/h6-8,10-11H,4-5,9H2,1-3H3,(H,16,18)/t11-/m1/s1. The number of nitrogens with one attached hydrogen (secondary N) is 1. The van der Waals surface area contributed by atoms with Crippen LogP contribution in [-0.4, -0.2) is 33.2 Å². The highest BCUT2D eigenvalue weighted by Crippen LogP contribution is 2.24. The lowest BCUT2D eigenvalue weighted by atomic mass is 10.2. The molecule has 1 rings (SSSR count). The number of hydrogen-bond donors (Lipinski definition) is 1. The number of carbonyl (C=O) groups is 1. The highest BCUT2D eigenvalue weighted by atomic mass is 35.5. The quantitative estimate of drug-likeness (QED) is 0.780. The van der Waals surface area contributed by atoms with Gasteiger partial charge in [0, 0.05) is 11.6 Å². The van der Waals surface area contributed by atoms with Gasteiger partial charge in [0.1, 0.15) is 6.04 Å². The van der Waals surface area contributed by atoms with E-state index in [0.717, 1.165) is 23.4 Å². The van der Waals surface area contributed by atoms with Gasteiger partial charge in [0.05, 0.1) is 11.9 Å². The summed E-state index contributed by atoms with van der Waals surface area (Å²) in [6.45, 7) is 4.11. The van der Waals surface area contributed by atoms with Crippen LogP contribution < -0.4 is 9.62 Å². The molecule has 0 bridgehead atoms. The van der Waals surface area contributed by atoms with E-state index < -0.39 is 16.1 Å². The minimum Gasteiger partial charge on any atom is -0.354 e. The first-order valence-corrected chi connectivity index (χ1v) is 9.02. The van der Waals surface area contributed by atoms with Crippen molar-refractivity contribution in [3.8, 4) is 0 Å². The highest BCUT2D eigenvalue weighted by Gasteiger charge is 2.28. The largest absolute Gasteiger partial charge is 0.354 e. The minimum atomic E-state index is -3.60. The number of anilines is 1. The summed E-state index contributed by atoms with van der Waals surface area (Å²) in [5, 5.41) is 3.16. The van der Waals surface area contributed by atoms with Crippen LogP contribution in [0.1, 0.15) is 26.7 Å². The first-order chi connectivity index (χ1) is 9.77. The smallest absolute Gasteiger partial charge is 0.243 e. The molecule has 7 heteroatoms. The van der Waals surface area contributed by atoms with Crippen LogP contribution in [0, 0.1) is 0 Å². The van der Waals surface area contributed by atoms with E-state index >= 15 is 0 Å². The van der Waals surface area contributed by atoms with Gasteiger partial charge < -0.3 is 5.32 Å². The van der Waals surface area contributed by atoms with Crippen LogP contribution in [0.15, 0.2) is 24.3 Å². The zero-order valence-corrected chi connectivity index (χ0v) is 14.0. The Balaban J connectivity index is 3.01. The van der Waals surface area contributed by atoms with Crippen LogP contribution in [0.5, 0.6) is 0 Å². The van der Waals surface area contributed by atoms with Crippen LogP contribution in [-0.2, 0) is 14.8 Å². The SMILES string of the molecule is CCCCNC(=O)[C@@H](C)N(c1cccc(Cl)c1)S(C)(=O)=O. The van der Waals surface area contributed by atoms with E-state index in [-0.39, 0.29) is 5.91 Å². The summed E-state index contributed by atoms with van der Waals surface area (Å²) in [5.41, 5.74) is 0.378. The Bertz CT molecular complexity index is 590. The molecular formula is C14H21ClN2O3S. The molecule has 1 N–H and O–H groups in total. The molecular weight excluding hydrogens is 312 g/mol. The van der Waals surface area contributed by atoms with Crippen molar-refractivity contribution in [1.29, 1.82) is 0 Å². The molecule has 118 valence electrons. The Morgan fingerprint density at radius 1 is 1.43 bits per heavy atom. The maximum atomic E-state index is 12.1. The van der Waals surface area contributed by atoms with Crippen LogP contribution in [0.4, 0.5) is 5.69 Å². The molecule has 0 saturated carbocycles. The second-order valence-corrected chi connectivity index (χ2v) is 7.16. The zero-order chi connectivity index (χ0) is 16.0. The fraction of sp³-hybridized carbons (Fsp3) is 0.500. The van der Waals surface area contributed by atoms with Gasteiger partial charge in [0.15, 0.2) is 0 Å². The molecule has 1 aromatic carbocycles. The topological polar surface area (TPSA) is 66.5 Å². The van der Waals surface area contributed by atoms with Crippen LogP contribution in [0.2, 0.25) is 5.02 Å². The van der Waals surface area contributed by atoms with Crippen LogP contribution >= 0.6 is 11.6 Å². The van der Waals surface area contributed by atoms with E-state index in [1.165, 1.54) is 6.07 Å². The predicted molar refractivity (Wildman–Crippen MR) is 86.2 cm³/mol. The van der Waals surface area contributed by atoms with E-state index in [2.05, 4.69) is 5.32 Å². The van der Waals surface area contributed by atoms with Crippen molar-refractivity contribution in [2.24, 2.45) is 0 Å².